The Labute approximate surface area is 92.5 Å². The van der Waals surface area contributed by atoms with Crippen molar-refractivity contribution in [3.63, 3.8) is 0 Å². The molecule has 1 rings (SSSR count). The lowest BCUT2D eigenvalue weighted by molar-refractivity contribution is -0.154. The quantitative estimate of drug-likeness (QED) is 0.636. The van der Waals surface area contributed by atoms with Gasteiger partial charge in [-0.1, -0.05) is 11.6 Å². The summed E-state index contributed by atoms with van der Waals surface area (Å²) in [6.07, 6.45) is -8.20. The fourth-order valence-electron chi connectivity index (χ4n) is 1.12. The third kappa shape index (κ3) is 3.31. The van der Waals surface area contributed by atoms with Gasteiger partial charge in [-0.15, -0.1) is 0 Å². The van der Waals surface area contributed by atoms with E-state index in [0.29, 0.717) is 12.1 Å². The Morgan fingerprint density at radius 1 is 1.19 bits per heavy atom. The first-order chi connectivity index (χ1) is 7.20. The highest BCUT2D eigenvalue weighted by Gasteiger charge is 2.32. The van der Waals surface area contributed by atoms with E-state index >= 15 is 0 Å². The first kappa shape index (κ1) is 13.2. The van der Waals surface area contributed by atoms with Crippen LogP contribution in [0, 0.1) is 11.6 Å². The Kier molecular flexibility index (Phi) is 3.75. The summed E-state index contributed by atoms with van der Waals surface area (Å²) in [6, 6.07) is 0.972. The van der Waals surface area contributed by atoms with Crippen molar-refractivity contribution in [3.8, 4) is 0 Å². The van der Waals surface area contributed by atoms with Crippen LogP contribution in [-0.4, -0.2) is 11.3 Å². The minimum atomic E-state index is -4.62. The summed E-state index contributed by atoms with van der Waals surface area (Å²) < 4.78 is 61.1. The lowest BCUT2D eigenvalue weighted by atomic mass is 10.1. The number of aliphatic hydroxyl groups is 1. The van der Waals surface area contributed by atoms with Crippen LogP contribution in [0.2, 0.25) is 5.02 Å². The molecule has 1 aromatic rings. The van der Waals surface area contributed by atoms with Crippen molar-refractivity contribution < 1.29 is 27.1 Å². The first-order valence-corrected chi connectivity index (χ1v) is 4.48. The Balaban J connectivity index is 3.00. The lowest BCUT2D eigenvalue weighted by Crippen LogP contribution is -2.14. The number of rotatable bonds is 2. The molecule has 0 aliphatic rings. The molecule has 16 heavy (non-hydrogen) atoms. The Morgan fingerprint density at radius 3 is 2.19 bits per heavy atom. The number of aliphatic hydroxyl groups excluding tert-OH is 1. The minimum absolute atomic E-state index is 0.448. The van der Waals surface area contributed by atoms with Gasteiger partial charge in [-0.05, 0) is 12.1 Å². The van der Waals surface area contributed by atoms with Crippen molar-refractivity contribution in [2.75, 3.05) is 0 Å². The average molecular weight is 261 g/mol. The summed E-state index contributed by atoms with van der Waals surface area (Å²) >= 11 is 5.39. The molecular weight excluding hydrogens is 255 g/mol. The van der Waals surface area contributed by atoms with Crippen LogP contribution in [0.15, 0.2) is 12.1 Å². The second-order valence-corrected chi connectivity index (χ2v) is 3.53. The van der Waals surface area contributed by atoms with Gasteiger partial charge in [0.05, 0.1) is 12.5 Å². The van der Waals surface area contributed by atoms with Gasteiger partial charge in [-0.25, -0.2) is 8.78 Å². The van der Waals surface area contributed by atoms with Crippen molar-refractivity contribution in [2.45, 2.75) is 18.7 Å². The third-order valence-corrected chi connectivity index (χ3v) is 2.15. The van der Waals surface area contributed by atoms with Gasteiger partial charge >= 0.3 is 6.18 Å². The molecule has 0 aliphatic heterocycles. The van der Waals surface area contributed by atoms with Crippen LogP contribution in [0.4, 0.5) is 22.0 Å². The van der Waals surface area contributed by atoms with Gasteiger partial charge in [-0.3, -0.25) is 0 Å². The number of hydrogen-bond acceptors (Lipinski definition) is 1. The number of hydrogen-bond donors (Lipinski definition) is 1. The molecule has 1 N–H and O–H groups in total. The highest BCUT2D eigenvalue weighted by molar-refractivity contribution is 6.31. The first-order valence-electron chi connectivity index (χ1n) is 4.10. The second kappa shape index (κ2) is 4.55. The molecule has 7 heteroatoms. The number of halogens is 6. The zero-order chi connectivity index (χ0) is 12.5. The molecule has 1 aromatic carbocycles. The van der Waals surface area contributed by atoms with Gasteiger partial charge in [0.15, 0.2) is 11.6 Å². The van der Waals surface area contributed by atoms with Crippen molar-refractivity contribution in [2.24, 2.45) is 0 Å². The van der Waals surface area contributed by atoms with Crippen LogP contribution in [0.1, 0.15) is 18.1 Å². The summed E-state index contributed by atoms with van der Waals surface area (Å²) in [5.74, 6) is -2.64. The summed E-state index contributed by atoms with van der Waals surface area (Å²) in [5, 5.41) is 8.71. The van der Waals surface area contributed by atoms with Gasteiger partial charge in [0.2, 0.25) is 0 Å². The molecule has 0 heterocycles. The molecule has 0 amide bonds. The van der Waals surface area contributed by atoms with Gasteiger partial charge < -0.3 is 5.11 Å². The zero-order valence-corrected chi connectivity index (χ0v) is 8.41. The average Bonchev–Trinajstić information content (AvgIpc) is 2.08. The molecule has 1 unspecified atom stereocenters. The van der Waals surface area contributed by atoms with Crippen molar-refractivity contribution in [1.29, 1.82) is 0 Å². The molecule has 0 aromatic heterocycles. The van der Waals surface area contributed by atoms with E-state index < -0.39 is 40.9 Å². The van der Waals surface area contributed by atoms with E-state index in [9.17, 15) is 22.0 Å². The van der Waals surface area contributed by atoms with Gasteiger partial charge in [-0.2, -0.15) is 13.2 Å². The van der Waals surface area contributed by atoms with E-state index in [1.807, 2.05) is 0 Å². The number of benzene rings is 1. The highest BCUT2D eigenvalue weighted by atomic mass is 35.5. The van der Waals surface area contributed by atoms with E-state index in [0.717, 1.165) is 0 Å². The minimum Gasteiger partial charge on any atom is -0.388 e. The molecule has 0 saturated heterocycles. The highest BCUT2D eigenvalue weighted by Crippen LogP contribution is 2.33. The largest absolute Gasteiger partial charge is 0.391 e. The molecule has 0 aliphatic carbocycles. The van der Waals surface area contributed by atoms with E-state index in [1.54, 1.807) is 0 Å². The van der Waals surface area contributed by atoms with Crippen LogP contribution >= 0.6 is 11.6 Å². The topological polar surface area (TPSA) is 20.2 Å². The maximum atomic E-state index is 12.7. The van der Waals surface area contributed by atoms with Gasteiger partial charge in [0.25, 0.3) is 0 Å². The second-order valence-electron chi connectivity index (χ2n) is 3.12. The predicted molar refractivity (Wildman–Crippen MR) is 47.0 cm³/mol. The maximum Gasteiger partial charge on any atom is 0.391 e. The van der Waals surface area contributed by atoms with Gasteiger partial charge in [0, 0.05) is 10.6 Å². The summed E-state index contributed by atoms with van der Waals surface area (Å²) in [5.41, 5.74) is -0.488. The third-order valence-electron chi connectivity index (χ3n) is 1.82. The van der Waals surface area contributed by atoms with Crippen LogP contribution in [0.25, 0.3) is 0 Å². The van der Waals surface area contributed by atoms with Crippen LogP contribution < -0.4 is 0 Å². The monoisotopic (exact) mass is 260 g/mol. The molecule has 0 spiro atoms. The fraction of sp³-hybridized carbons (Fsp3) is 0.333. The van der Waals surface area contributed by atoms with Gasteiger partial charge in [0.1, 0.15) is 0 Å². The summed E-state index contributed by atoms with van der Waals surface area (Å²) in [7, 11) is 0. The smallest absolute Gasteiger partial charge is 0.388 e. The lowest BCUT2D eigenvalue weighted by Gasteiger charge is -2.14. The standard InChI is InChI=1S/C9H6ClF5O/c10-5-2-7(12)6(11)1-4(5)8(16)3-9(13,14)15/h1-2,8,16H,3H2. The van der Waals surface area contributed by atoms with E-state index in [1.165, 1.54) is 0 Å². The number of alkyl halides is 3. The molecule has 0 bridgehead atoms. The Morgan fingerprint density at radius 2 is 1.69 bits per heavy atom. The van der Waals surface area contributed by atoms with Crippen molar-refractivity contribution >= 4 is 11.6 Å². The zero-order valence-electron chi connectivity index (χ0n) is 7.65. The van der Waals surface area contributed by atoms with E-state index in [-0.39, 0.29) is 0 Å². The molecule has 90 valence electrons. The maximum absolute atomic E-state index is 12.7. The Hall–Kier alpha value is -0.880. The molecule has 0 saturated carbocycles. The van der Waals surface area contributed by atoms with Crippen LogP contribution in [-0.2, 0) is 0 Å². The summed E-state index contributed by atoms with van der Waals surface area (Å²) in [6.45, 7) is 0. The summed E-state index contributed by atoms with van der Waals surface area (Å²) in [4.78, 5) is 0. The molecule has 0 radical (unpaired) electrons. The van der Waals surface area contributed by atoms with Crippen LogP contribution in [0.5, 0.6) is 0 Å². The Bertz CT molecular complexity index is 390. The predicted octanol–water partition coefficient (Wildman–Crippen LogP) is 3.60. The molecular formula is C9H6ClF5O. The van der Waals surface area contributed by atoms with Crippen molar-refractivity contribution in [3.05, 3.63) is 34.4 Å². The molecule has 1 nitrogen and oxygen atoms in total. The van der Waals surface area contributed by atoms with Crippen molar-refractivity contribution in [1.82, 2.24) is 0 Å². The van der Waals surface area contributed by atoms with E-state index in [2.05, 4.69) is 0 Å². The van der Waals surface area contributed by atoms with E-state index in [4.69, 9.17) is 16.7 Å². The SMILES string of the molecule is OC(CC(F)(F)F)c1cc(F)c(F)cc1Cl. The normalized spacial score (nSPS) is 13.9. The fourth-order valence-corrected chi connectivity index (χ4v) is 1.40. The molecule has 0 fully saturated rings. The van der Waals surface area contributed by atoms with Crippen LogP contribution in [0.3, 0.4) is 0 Å². The molecule has 1 atom stereocenters.